The molecule has 1 aromatic heterocycles. The summed E-state index contributed by atoms with van der Waals surface area (Å²) in [5.74, 6) is 0.202. The van der Waals surface area contributed by atoms with Crippen LogP contribution in [0.4, 0.5) is 0 Å². The van der Waals surface area contributed by atoms with Gasteiger partial charge in [-0.3, -0.25) is 9.48 Å². The molecule has 1 amide bonds. The lowest BCUT2D eigenvalue weighted by molar-refractivity contribution is -0.135. The molecule has 0 radical (unpaired) electrons. The lowest BCUT2D eigenvalue weighted by Crippen LogP contribution is -2.38. The second kappa shape index (κ2) is 6.85. The lowest BCUT2D eigenvalue weighted by atomic mass is 10.1. The third-order valence-corrected chi connectivity index (χ3v) is 5.30. The first kappa shape index (κ1) is 16.2. The average Bonchev–Trinajstić information content (AvgIpc) is 3.22. The van der Waals surface area contributed by atoms with Crippen molar-refractivity contribution in [2.24, 2.45) is 7.05 Å². The van der Waals surface area contributed by atoms with E-state index in [9.17, 15) is 9.59 Å². The molecule has 0 aliphatic heterocycles. The van der Waals surface area contributed by atoms with Crippen LogP contribution in [0.25, 0.3) is 0 Å². The third kappa shape index (κ3) is 3.48. The summed E-state index contributed by atoms with van der Waals surface area (Å²) in [6.07, 6.45) is 8.61. The molecular weight excluding hydrogens is 290 g/mol. The van der Waals surface area contributed by atoms with E-state index in [0.717, 1.165) is 31.4 Å². The van der Waals surface area contributed by atoms with Gasteiger partial charge in [-0.05, 0) is 44.6 Å². The monoisotopic (exact) mass is 317 g/mol. The zero-order valence-corrected chi connectivity index (χ0v) is 14.3. The first-order valence-electron chi connectivity index (χ1n) is 8.88. The molecule has 0 atom stereocenters. The van der Waals surface area contributed by atoms with Crippen molar-refractivity contribution in [3.63, 3.8) is 0 Å². The number of carbonyl (C=O) groups is 2. The van der Waals surface area contributed by atoms with Crippen molar-refractivity contribution >= 4 is 11.7 Å². The Balaban J connectivity index is 1.77. The summed E-state index contributed by atoms with van der Waals surface area (Å²) >= 11 is 0. The first-order chi connectivity index (χ1) is 11.1. The molecule has 1 heterocycles. The third-order valence-electron chi connectivity index (χ3n) is 5.30. The van der Waals surface area contributed by atoms with E-state index in [1.54, 1.807) is 6.92 Å². The normalized spacial score (nSPS) is 17.5. The Morgan fingerprint density at radius 1 is 1.17 bits per heavy atom. The number of rotatable bonds is 6. The SMILES string of the molecule is CC(=O)CCC(=O)N(Cc1nn(C)c2c1CCC2)C1CCCC1. The van der Waals surface area contributed by atoms with Crippen LogP contribution >= 0.6 is 0 Å². The molecule has 1 aromatic rings. The maximum Gasteiger partial charge on any atom is 0.223 e. The summed E-state index contributed by atoms with van der Waals surface area (Å²) in [6, 6.07) is 0.327. The fourth-order valence-corrected chi connectivity index (χ4v) is 4.05. The van der Waals surface area contributed by atoms with Crippen LogP contribution < -0.4 is 0 Å². The number of hydrogen-bond donors (Lipinski definition) is 0. The average molecular weight is 317 g/mol. The van der Waals surface area contributed by atoms with Gasteiger partial charge < -0.3 is 9.69 Å². The van der Waals surface area contributed by atoms with Crippen LogP contribution in [0.15, 0.2) is 0 Å². The molecule has 0 spiro atoms. The van der Waals surface area contributed by atoms with Gasteiger partial charge in [-0.15, -0.1) is 0 Å². The molecule has 0 bridgehead atoms. The number of Topliss-reactive ketones (excluding diaryl/α,β-unsaturated/α-hetero) is 1. The Labute approximate surface area is 138 Å². The van der Waals surface area contributed by atoms with Crippen molar-refractivity contribution < 1.29 is 9.59 Å². The topological polar surface area (TPSA) is 55.2 Å². The second-order valence-electron chi connectivity index (χ2n) is 7.01. The van der Waals surface area contributed by atoms with Crippen LogP contribution in [0.1, 0.15) is 68.8 Å². The zero-order valence-electron chi connectivity index (χ0n) is 14.3. The molecule has 23 heavy (non-hydrogen) atoms. The maximum absolute atomic E-state index is 12.7. The molecule has 1 fully saturated rings. The van der Waals surface area contributed by atoms with Crippen LogP contribution in [0.3, 0.4) is 0 Å². The molecule has 0 aromatic carbocycles. The Bertz CT molecular complexity index is 600. The molecule has 5 nitrogen and oxygen atoms in total. The smallest absolute Gasteiger partial charge is 0.223 e. The fraction of sp³-hybridized carbons (Fsp3) is 0.722. The Kier molecular flexibility index (Phi) is 4.83. The molecule has 0 unspecified atom stereocenters. The number of nitrogens with zero attached hydrogens (tertiary/aromatic N) is 3. The van der Waals surface area contributed by atoms with Gasteiger partial charge in [0, 0.05) is 31.6 Å². The number of aryl methyl sites for hydroxylation is 1. The predicted octanol–water partition coefficient (Wildman–Crippen LogP) is 2.55. The molecule has 0 N–H and O–H groups in total. The molecule has 126 valence electrons. The first-order valence-corrected chi connectivity index (χ1v) is 8.88. The van der Waals surface area contributed by atoms with Gasteiger partial charge in [0.2, 0.25) is 5.91 Å². The highest BCUT2D eigenvalue weighted by molar-refractivity contribution is 5.83. The van der Waals surface area contributed by atoms with E-state index in [2.05, 4.69) is 5.10 Å². The van der Waals surface area contributed by atoms with Crippen LogP contribution in [-0.4, -0.2) is 32.4 Å². The number of fused-ring (bicyclic) bond motifs is 1. The molecule has 0 saturated heterocycles. The van der Waals surface area contributed by atoms with E-state index in [4.69, 9.17) is 0 Å². The van der Waals surface area contributed by atoms with Crippen LogP contribution in [0.2, 0.25) is 0 Å². The zero-order chi connectivity index (χ0) is 16.4. The standard InChI is InChI=1S/C18H27N3O2/c1-13(22)10-11-18(23)21(14-6-3-4-7-14)12-16-15-8-5-9-17(15)20(2)19-16/h14H,3-12H2,1-2H3. The van der Waals surface area contributed by atoms with Gasteiger partial charge in [0.05, 0.1) is 12.2 Å². The molecular formula is C18H27N3O2. The number of aromatic nitrogens is 2. The minimum atomic E-state index is 0.0865. The highest BCUT2D eigenvalue weighted by Gasteiger charge is 2.29. The van der Waals surface area contributed by atoms with Crippen molar-refractivity contribution in [2.45, 2.75) is 77.3 Å². The van der Waals surface area contributed by atoms with Gasteiger partial charge in [-0.1, -0.05) is 12.8 Å². The minimum Gasteiger partial charge on any atom is -0.334 e. The van der Waals surface area contributed by atoms with E-state index >= 15 is 0 Å². The molecule has 1 saturated carbocycles. The van der Waals surface area contributed by atoms with Crippen molar-refractivity contribution in [2.75, 3.05) is 0 Å². The summed E-state index contributed by atoms with van der Waals surface area (Å²) in [5.41, 5.74) is 3.76. The van der Waals surface area contributed by atoms with Gasteiger partial charge >= 0.3 is 0 Å². The summed E-state index contributed by atoms with van der Waals surface area (Å²) in [7, 11) is 2.01. The van der Waals surface area contributed by atoms with Gasteiger partial charge in [-0.2, -0.15) is 5.10 Å². The Hall–Kier alpha value is -1.65. The molecule has 3 rings (SSSR count). The largest absolute Gasteiger partial charge is 0.334 e. The molecule has 2 aliphatic carbocycles. The number of ketones is 1. The summed E-state index contributed by atoms with van der Waals surface area (Å²) in [4.78, 5) is 25.9. The maximum atomic E-state index is 12.7. The number of carbonyl (C=O) groups excluding carboxylic acids is 2. The van der Waals surface area contributed by atoms with Crippen molar-refractivity contribution in [3.05, 3.63) is 17.0 Å². The summed E-state index contributed by atoms with van der Waals surface area (Å²) < 4.78 is 1.99. The van der Waals surface area contributed by atoms with Gasteiger partial charge in [-0.25, -0.2) is 0 Å². The van der Waals surface area contributed by atoms with Gasteiger partial charge in [0.1, 0.15) is 5.78 Å². The van der Waals surface area contributed by atoms with Crippen LogP contribution in [0.5, 0.6) is 0 Å². The molecule has 2 aliphatic rings. The van der Waals surface area contributed by atoms with Crippen molar-refractivity contribution in [1.82, 2.24) is 14.7 Å². The number of amides is 1. The van der Waals surface area contributed by atoms with Crippen LogP contribution in [-0.2, 0) is 36.0 Å². The second-order valence-corrected chi connectivity index (χ2v) is 7.01. The van der Waals surface area contributed by atoms with Crippen molar-refractivity contribution in [1.29, 1.82) is 0 Å². The highest BCUT2D eigenvalue weighted by Crippen LogP contribution is 2.29. The Morgan fingerprint density at radius 3 is 2.61 bits per heavy atom. The van der Waals surface area contributed by atoms with E-state index in [1.165, 1.54) is 30.5 Å². The minimum absolute atomic E-state index is 0.0865. The van der Waals surface area contributed by atoms with Crippen LogP contribution in [0, 0.1) is 0 Å². The van der Waals surface area contributed by atoms with E-state index < -0.39 is 0 Å². The summed E-state index contributed by atoms with van der Waals surface area (Å²) in [5, 5.41) is 4.68. The van der Waals surface area contributed by atoms with Crippen molar-refractivity contribution in [3.8, 4) is 0 Å². The van der Waals surface area contributed by atoms with Gasteiger partial charge in [0.15, 0.2) is 0 Å². The summed E-state index contributed by atoms with van der Waals surface area (Å²) in [6.45, 7) is 2.17. The van der Waals surface area contributed by atoms with Gasteiger partial charge in [0.25, 0.3) is 0 Å². The van der Waals surface area contributed by atoms with E-state index in [1.807, 2.05) is 16.6 Å². The highest BCUT2D eigenvalue weighted by atomic mass is 16.2. The Morgan fingerprint density at radius 2 is 1.91 bits per heavy atom. The predicted molar refractivity (Wildman–Crippen MR) is 88.0 cm³/mol. The fourth-order valence-electron chi connectivity index (χ4n) is 4.05. The quantitative estimate of drug-likeness (QED) is 0.810. The molecule has 5 heteroatoms. The van der Waals surface area contributed by atoms with E-state index in [0.29, 0.717) is 25.4 Å². The number of hydrogen-bond acceptors (Lipinski definition) is 3. The van der Waals surface area contributed by atoms with E-state index in [-0.39, 0.29) is 11.7 Å². The lowest BCUT2D eigenvalue weighted by Gasteiger charge is -2.28.